The molecule has 0 radical (unpaired) electrons. The van der Waals surface area contributed by atoms with E-state index in [-0.39, 0.29) is 47.5 Å². The summed E-state index contributed by atoms with van der Waals surface area (Å²) in [6.07, 6.45) is -4.57. The molecule has 0 fully saturated rings. The average molecular weight is 636 g/mol. The minimum atomic E-state index is -4.60. The molecule has 0 saturated carbocycles. The third kappa shape index (κ3) is 6.56. The van der Waals surface area contributed by atoms with E-state index in [0.717, 1.165) is 12.1 Å². The van der Waals surface area contributed by atoms with Crippen LogP contribution in [0.2, 0.25) is 0 Å². The molecule has 43 heavy (non-hydrogen) atoms. The Balaban J connectivity index is 1.51. The molecule has 0 bridgehead atoms. The van der Waals surface area contributed by atoms with E-state index in [9.17, 15) is 31.8 Å². The van der Waals surface area contributed by atoms with Crippen molar-refractivity contribution < 1.29 is 41.3 Å². The van der Waals surface area contributed by atoms with Gasteiger partial charge in [0.2, 0.25) is 0 Å². The summed E-state index contributed by atoms with van der Waals surface area (Å²) in [5.74, 6) is 0.857. The molecule has 2 N–H and O–H groups in total. The molecule has 0 aliphatic carbocycles. The molecule has 4 aromatic rings. The molecule has 1 atom stereocenters. The smallest absolute Gasteiger partial charge is 0.416 e. The Bertz CT molecular complexity index is 1670. The van der Waals surface area contributed by atoms with Crippen molar-refractivity contribution in [3.05, 3.63) is 88.9 Å². The lowest BCUT2D eigenvalue weighted by atomic mass is 10.0. The zero-order chi connectivity index (χ0) is 30.8. The Labute approximate surface area is 250 Å². The number of aliphatic hydroxyl groups is 2. The van der Waals surface area contributed by atoms with Gasteiger partial charge in [0, 0.05) is 29.8 Å². The predicted octanol–water partition coefficient (Wildman–Crippen LogP) is 4.99. The van der Waals surface area contributed by atoms with Crippen molar-refractivity contribution in [1.82, 2.24) is 4.98 Å². The first-order valence-electron chi connectivity index (χ1n) is 13.1. The lowest BCUT2D eigenvalue weighted by molar-refractivity contribution is -0.137. The van der Waals surface area contributed by atoms with Gasteiger partial charge in [0.15, 0.2) is 5.13 Å². The first-order chi connectivity index (χ1) is 20.5. The lowest BCUT2D eigenvalue weighted by Crippen LogP contribution is -2.32. The van der Waals surface area contributed by atoms with Crippen LogP contribution < -0.4 is 18.7 Å². The Morgan fingerprint density at radius 2 is 1.86 bits per heavy atom. The molecule has 5 rings (SSSR count). The highest BCUT2D eigenvalue weighted by atomic mass is 32.2. The van der Waals surface area contributed by atoms with Gasteiger partial charge in [-0.1, -0.05) is 12.1 Å². The fourth-order valence-corrected chi connectivity index (χ4v) is 7.03. The molecule has 14 heteroatoms. The van der Waals surface area contributed by atoms with Crippen LogP contribution in [0, 0.1) is 0 Å². The molecule has 0 spiro atoms. The highest BCUT2D eigenvalue weighted by molar-refractivity contribution is 7.93. The van der Waals surface area contributed by atoms with Gasteiger partial charge in [0.1, 0.15) is 18.1 Å². The molecule has 1 aliphatic rings. The van der Waals surface area contributed by atoms with Gasteiger partial charge in [0.05, 0.1) is 49.1 Å². The Kier molecular flexibility index (Phi) is 8.83. The number of anilines is 3. The molecular formula is C29H28F3N3O6S2. The number of methoxy groups -OCH3 is 1. The Morgan fingerprint density at radius 3 is 2.51 bits per heavy atom. The van der Waals surface area contributed by atoms with Crippen molar-refractivity contribution in [3.63, 3.8) is 0 Å². The van der Waals surface area contributed by atoms with E-state index in [2.05, 4.69) is 4.98 Å². The minimum absolute atomic E-state index is 0.00596. The number of alkyl halides is 3. The van der Waals surface area contributed by atoms with Gasteiger partial charge in [-0.3, -0.25) is 0 Å². The fraction of sp³-hybridized carbons (Fsp3) is 0.276. The number of benzene rings is 3. The standard InChI is InChI=1S/C29H28F3N3O6S2/c1-40-23-5-2-19(3-6-23)17-35(28-33-10-13-42-28)43(38,39)24-7-9-26-27(16-24)41-12-11-34(26)25-8-4-21(29(30,31)32)14-20(25)15-22(37)18-36/h2-10,13-14,16,22,36-37H,11-12,15,17-18H2,1H3/t22-/m0/s1. The van der Waals surface area contributed by atoms with Crippen molar-refractivity contribution in [2.75, 3.05) is 36.1 Å². The maximum absolute atomic E-state index is 14.0. The van der Waals surface area contributed by atoms with Gasteiger partial charge in [0.25, 0.3) is 10.0 Å². The normalized spacial score (nSPS) is 14.1. The topological polar surface area (TPSA) is 112 Å². The number of aliphatic hydroxyl groups excluding tert-OH is 2. The van der Waals surface area contributed by atoms with Gasteiger partial charge in [-0.25, -0.2) is 17.7 Å². The van der Waals surface area contributed by atoms with E-state index in [1.807, 2.05) is 0 Å². The third-order valence-corrected chi connectivity index (χ3v) is 9.51. The van der Waals surface area contributed by atoms with E-state index < -0.39 is 34.5 Å². The second kappa shape index (κ2) is 12.4. The molecule has 0 saturated heterocycles. The minimum Gasteiger partial charge on any atom is -0.497 e. The summed E-state index contributed by atoms with van der Waals surface area (Å²) in [6, 6.07) is 14.5. The fourth-order valence-electron chi connectivity index (χ4n) is 4.74. The van der Waals surface area contributed by atoms with Crippen molar-refractivity contribution >= 4 is 37.9 Å². The highest BCUT2D eigenvalue weighted by Gasteiger charge is 2.33. The first-order valence-corrected chi connectivity index (χ1v) is 15.4. The summed E-state index contributed by atoms with van der Waals surface area (Å²) in [5, 5.41) is 21.3. The van der Waals surface area contributed by atoms with Crippen molar-refractivity contribution in [2.24, 2.45) is 0 Å². The molecule has 0 amide bonds. The SMILES string of the molecule is COc1ccc(CN(c2nccs2)S(=O)(=O)c2ccc3c(c2)OCCN3c2ccc(C(F)(F)F)cc2C[C@H](O)CO)cc1. The predicted molar refractivity (Wildman–Crippen MR) is 156 cm³/mol. The van der Waals surface area contributed by atoms with Gasteiger partial charge >= 0.3 is 6.18 Å². The van der Waals surface area contributed by atoms with E-state index in [1.165, 1.54) is 47.1 Å². The highest BCUT2D eigenvalue weighted by Crippen LogP contribution is 2.42. The summed E-state index contributed by atoms with van der Waals surface area (Å²) < 4.78 is 80.6. The maximum Gasteiger partial charge on any atom is 0.416 e. The summed E-state index contributed by atoms with van der Waals surface area (Å²) in [5.41, 5.74) is 0.825. The number of ether oxygens (including phenoxy) is 2. The third-order valence-electron chi connectivity index (χ3n) is 6.86. The quantitative estimate of drug-likeness (QED) is 0.251. The number of rotatable bonds is 10. The summed E-state index contributed by atoms with van der Waals surface area (Å²) >= 11 is 1.17. The molecule has 228 valence electrons. The van der Waals surface area contributed by atoms with E-state index in [4.69, 9.17) is 9.47 Å². The number of hydrogen-bond donors (Lipinski definition) is 2. The van der Waals surface area contributed by atoms with Crippen LogP contribution in [0.4, 0.5) is 29.7 Å². The van der Waals surface area contributed by atoms with Gasteiger partial charge in [-0.2, -0.15) is 13.2 Å². The van der Waals surface area contributed by atoms with Crippen LogP contribution in [-0.2, 0) is 29.2 Å². The molecule has 9 nitrogen and oxygen atoms in total. The number of hydrogen-bond acceptors (Lipinski definition) is 9. The van der Waals surface area contributed by atoms with Gasteiger partial charge in [-0.05, 0) is 53.6 Å². The van der Waals surface area contributed by atoms with Crippen LogP contribution in [0.15, 0.2) is 77.1 Å². The zero-order valence-electron chi connectivity index (χ0n) is 22.9. The summed E-state index contributed by atoms with van der Waals surface area (Å²) in [7, 11) is -2.60. The van der Waals surface area contributed by atoms with Crippen molar-refractivity contribution in [1.29, 1.82) is 0 Å². The zero-order valence-corrected chi connectivity index (χ0v) is 24.5. The van der Waals surface area contributed by atoms with Crippen LogP contribution in [0.5, 0.6) is 11.5 Å². The number of thiazole rings is 1. The molecule has 1 aromatic heterocycles. The van der Waals surface area contributed by atoms with Crippen molar-refractivity contribution in [2.45, 2.75) is 30.1 Å². The Morgan fingerprint density at radius 1 is 1.12 bits per heavy atom. The second-order valence-electron chi connectivity index (χ2n) is 9.69. The number of aromatic nitrogens is 1. The van der Waals surface area contributed by atoms with E-state index >= 15 is 0 Å². The van der Waals surface area contributed by atoms with Crippen molar-refractivity contribution in [3.8, 4) is 11.5 Å². The molecule has 2 heterocycles. The van der Waals surface area contributed by atoms with E-state index in [1.54, 1.807) is 40.6 Å². The van der Waals surface area contributed by atoms with E-state index in [0.29, 0.717) is 22.7 Å². The molecule has 1 aliphatic heterocycles. The van der Waals surface area contributed by atoms with Crippen LogP contribution in [0.3, 0.4) is 0 Å². The van der Waals surface area contributed by atoms with Gasteiger partial charge in [-0.15, -0.1) is 11.3 Å². The van der Waals surface area contributed by atoms with Crippen LogP contribution in [0.1, 0.15) is 16.7 Å². The molecular weight excluding hydrogens is 607 g/mol. The largest absolute Gasteiger partial charge is 0.497 e. The number of nitrogens with zero attached hydrogens (tertiary/aromatic N) is 3. The average Bonchev–Trinajstić information content (AvgIpc) is 3.53. The number of halogens is 3. The monoisotopic (exact) mass is 635 g/mol. The second-order valence-corrected chi connectivity index (χ2v) is 12.4. The molecule has 0 unspecified atom stereocenters. The summed E-state index contributed by atoms with van der Waals surface area (Å²) in [6.45, 7) is -0.230. The van der Waals surface area contributed by atoms with Crippen LogP contribution in [-0.4, -0.2) is 56.6 Å². The maximum atomic E-state index is 14.0. The Hall–Kier alpha value is -3.85. The van der Waals surface area contributed by atoms with Crippen LogP contribution in [0.25, 0.3) is 0 Å². The number of fused-ring (bicyclic) bond motifs is 1. The number of sulfonamides is 1. The van der Waals surface area contributed by atoms with Crippen LogP contribution >= 0.6 is 11.3 Å². The lowest BCUT2D eigenvalue weighted by Gasteiger charge is -2.33. The first kappa shape index (κ1) is 30.6. The summed E-state index contributed by atoms with van der Waals surface area (Å²) in [4.78, 5) is 5.88. The molecule has 3 aromatic carbocycles. The van der Waals surface area contributed by atoms with Gasteiger partial charge < -0.3 is 24.6 Å².